The van der Waals surface area contributed by atoms with Crippen LogP contribution in [0.5, 0.6) is 0 Å². The van der Waals surface area contributed by atoms with Gasteiger partial charge >= 0.3 is 6.03 Å². The lowest BCUT2D eigenvalue weighted by atomic mass is 10.1. The van der Waals surface area contributed by atoms with Crippen molar-refractivity contribution in [3.8, 4) is 0 Å². The maximum absolute atomic E-state index is 12.4. The van der Waals surface area contributed by atoms with Crippen molar-refractivity contribution in [2.75, 3.05) is 32.7 Å². The Hall–Kier alpha value is -2.57. The van der Waals surface area contributed by atoms with Crippen LogP contribution in [-0.4, -0.2) is 54.5 Å². The molecule has 7 heteroatoms. The van der Waals surface area contributed by atoms with Crippen molar-refractivity contribution >= 4 is 23.5 Å². The Morgan fingerprint density at radius 3 is 2.17 bits per heavy atom. The molecule has 3 rings (SSSR count). The number of carbonyl (C=O) groups excluding carboxylic acids is 2. The van der Waals surface area contributed by atoms with Crippen molar-refractivity contribution in [1.82, 2.24) is 20.4 Å². The van der Waals surface area contributed by atoms with Crippen LogP contribution in [0.4, 0.5) is 4.79 Å². The fraction of sp³-hybridized carbons (Fsp3) is 0.364. The number of nitrogens with one attached hydrogen (secondary N) is 2. The van der Waals surface area contributed by atoms with Crippen LogP contribution in [0.1, 0.15) is 16.7 Å². The fourth-order valence-electron chi connectivity index (χ4n) is 3.22. The highest BCUT2D eigenvalue weighted by Crippen LogP contribution is 2.13. The molecule has 29 heavy (non-hydrogen) atoms. The summed E-state index contributed by atoms with van der Waals surface area (Å²) in [4.78, 5) is 28.4. The number of urea groups is 1. The summed E-state index contributed by atoms with van der Waals surface area (Å²) in [6.07, 6.45) is 0. The highest BCUT2D eigenvalue weighted by Gasteiger charge is 2.21. The molecule has 3 amide bonds. The third-order valence-corrected chi connectivity index (χ3v) is 5.27. The fourth-order valence-corrected chi connectivity index (χ4v) is 3.35. The third kappa shape index (κ3) is 6.76. The summed E-state index contributed by atoms with van der Waals surface area (Å²) in [5, 5.41) is 6.16. The van der Waals surface area contributed by atoms with Crippen molar-refractivity contribution in [2.45, 2.75) is 20.0 Å². The molecule has 0 unspecified atom stereocenters. The molecule has 1 aliphatic heterocycles. The first kappa shape index (κ1) is 21.1. The zero-order chi connectivity index (χ0) is 20.6. The summed E-state index contributed by atoms with van der Waals surface area (Å²) < 4.78 is 0. The van der Waals surface area contributed by atoms with Crippen LogP contribution >= 0.6 is 11.6 Å². The largest absolute Gasteiger partial charge is 0.339 e. The van der Waals surface area contributed by atoms with E-state index in [0.717, 1.165) is 30.2 Å². The molecule has 2 aromatic rings. The summed E-state index contributed by atoms with van der Waals surface area (Å²) in [6, 6.07) is 15.5. The van der Waals surface area contributed by atoms with Crippen molar-refractivity contribution in [1.29, 1.82) is 0 Å². The van der Waals surface area contributed by atoms with Gasteiger partial charge in [0.15, 0.2) is 0 Å². The number of amides is 3. The topological polar surface area (TPSA) is 64.7 Å². The van der Waals surface area contributed by atoms with E-state index < -0.39 is 0 Å². The standard InChI is InChI=1S/C22H27ClN4O2/c1-17-2-4-18(5-3-17)14-24-22(29)25-15-21(28)27-12-10-26(11-13-27)16-19-6-8-20(23)9-7-19/h2-9H,10-16H2,1H3,(H2,24,25,29). The quantitative estimate of drug-likeness (QED) is 0.763. The summed E-state index contributed by atoms with van der Waals surface area (Å²) in [5.41, 5.74) is 3.41. The Balaban J connectivity index is 1.34. The minimum Gasteiger partial charge on any atom is -0.339 e. The van der Waals surface area contributed by atoms with Gasteiger partial charge in [-0.15, -0.1) is 0 Å². The zero-order valence-electron chi connectivity index (χ0n) is 16.7. The molecular weight excluding hydrogens is 388 g/mol. The van der Waals surface area contributed by atoms with Gasteiger partial charge in [-0.25, -0.2) is 4.79 Å². The SMILES string of the molecule is Cc1ccc(CNC(=O)NCC(=O)N2CCN(Cc3ccc(Cl)cc3)CC2)cc1. The van der Waals surface area contributed by atoms with Crippen molar-refractivity contribution < 1.29 is 9.59 Å². The molecule has 1 saturated heterocycles. The summed E-state index contributed by atoms with van der Waals surface area (Å²) >= 11 is 5.92. The predicted octanol–water partition coefficient (Wildman–Crippen LogP) is 2.79. The second-order valence-corrected chi connectivity index (χ2v) is 7.74. The maximum Gasteiger partial charge on any atom is 0.315 e. The Morgan fingerprint density at radius 2 is 1.52 bits per heavy atom. The molecule has 0 bridgehead atoms. The average molecular weight is 415 g/mol. The van der Waals surface area contributed by atoms with Crippen molar-refractivity contribution in [2.24, 2.45) is 0 Å². The highest BCUT2D eigenvalue weighted by molar-refractivity contribution is 6.30. The highest BCUT2D eigenvalue weighted by atomic mass is 35.5. The summed E-state index contributed by atoms with van der Waals surface area (Å²) in [6.45, 7) is 6.27. The van der Waals surface area contributed by atoms with Crippen LogP contribution in [0, 0.1) is 6.92 Å². The molecule has 6 nitrogen and oxygen atoms in total. The number of benzene rings is 2. The lowest BCUT2D eigenvalue weighted by Crippen LogP contribution is -2.51. The van der Waals surface area contributed by atoms with E-state index in [-0.39, 0.29) is 18.5 Å². The van der Waals surface area contributed by atoms with Gasteiger partial charge < -0.3 is 15.5 Å². The number of aryl methyl sites for hydroxylation is 1. The second-order valence-electron chi connectivity index (χ2n) is 7.31. The molecule has 1 aliphatic rings. The van der Waals surface area contributed by atoms with E-state index in [4.69, 9.17) is 11.6 Å². The summed E-state index contributed by atoms with van der Waals surface area (Å²) in [7, 11) is 0. The van der Waals surface area contributed by atoms with Gasteiger partial charge in [0, 0.05) is 44.3 Å². The van der Waals surface area contributed by atoms with Crippen LogP contribution in [0.25, 0.3) is 0 Å². The van der Waals surface area contributed by atoms with Gasteiger partial charge in [0.2, 0.25) is 5.91 Å². The molecule has 2 aromatic carbocycles. The zero-order valence-corrected chi connectivity index (χ0v) is 17.4. The van der Waals surface area contributed by atoms with E-state index in [1.807, 2.05) is 55.5 Å². The smallest absolute Gasteiger partial charge is 0.315 e. The monoisotopic (exact) mass is 414 g/mol. The molecule has 0 atom stereocenters. The molecule has 0 aliphatic carbocycles. The Morgan fingerprint density at radius 1 is 0.897 bits per heavy atom. The number of rotatable bonds is 6. The van der Waals surface area contributed by atoms with E-state index in [1.54, 1.807) is 4.90 Å². The van der Waals surface area contributed by atoms with E-state index in [2.05, 4.69) is 15.5 Å². The van der Waals surface area contributed by atoms with E-state index in [9.17, 15) is 9.59 Å². The second kappa shape index (κ2) is 10.3. The molecule has 0 aromatic heterocycles. The number of carbonyl (C=O) groups is 2. The maximum atomic E-state index is 12.4. The molecular formula is C22H27ClN4O2. The van der Waals surface area contributed by atoms with Crippen LogP contribution in [-0.2, 0) is 17.9 Å². The number of nitrogens with zero attached hydrogens (tertiary/aromatic N) is 2. The van der Waals surface area contributed by atoms with E-state index in [0.29, 0.717) is 19.6 Å². The molecule has 1 heterocycles. The molecule has 0 radical (unpaired) electrons. The van der Waals surface area contributed by atoms with Gasteiger partial charge in [0.25, 0.3) is 0 Å². The number of halogens is 1. The Kier molecular flexibility index (Phi) is 7.49. The molecule has 154 valence electrons. The van der Waals surface area contributed by atoms with Gasteiger partial charge in [0.05, 0.1) is 6.54 Å². The molecule has 1 fully saturated rings. The first-order chi connectivity index (χ1) is 14.0. The number of hydrogen-bond donors (Lipinski definition) is 2. The predicted molar refractivity (Wildman–Crippen MR) is 115 cm³/mol. The molecule has 2 N–H and O–H groups in total. The van der Waals surface area contributed by atoms with Gasteiger partial charge in [-0.2, -0.15) is 0 Å². The third-order valence-electron chi connectivity index (χ3n) is 5.02. The minimum atomic E-state index is -0.333. The van der Waals surface area contributed by atoms with E-state index >= 15 is 0 Å². The Labute approximate surface area is 176 Å². The lowest BCUT2D eigenvalue weighted by Gasteiger charge is -2.34. The van der Waals surface area contributed by atoms with Crippen LogP contribution in [0.3, 0.4) is 0 Å². The molecule has 0 spiro atoms. The number of hydrogen-bond acceptors (Lipinski definition) is 3. The van der Waals surface area contributed by atoms with Gasteiger partial charge in [-0.3, -0.25) is 9.69 Å². The lowest BCUT2D eigenvalue weighted by molar-refractivity contribution is -0.131. The molecule has 0 saturated carbocycles. The minimum absolute atomic E-state index is 0.0108. The average Bonchev–Trinajstić information content (AvgIpc) is 2.74. The van der Waals surface area contributed by atoms with Crippen LogP contribution in [0.2, 0.25) is 5.02 Å². The number of piperazine rings is 1. The van der Waals surface area contributed by atoms with Crippen molar-refractivity contribution in [3.05, 3.63) is 70.2 Å². The van der Waals surface area contributed by atoms with Crippen LogP contribution in [0.15, 0.2) is 48.5 Å². The van der Waals surface area contributed by atoms with Gasteiger partial charge in [0.1, 0.15) is 0 Å². The normalized spacial score (nSPS) is 14.5. The van der Waals surface area contributed by atoms with Crippen molar-refractivity contribution in [3.63, 3.8) is 0 Å². The van der Waals surface area contributed by atoms with Gasteiger partial charge in [-0.1, -0.05) is 53.6 Å². The summed E-state index contributed by atoms with van der Waals surface area (Å²) in [5.74, 6) is -0.0540. The first-order valence-corrected chi connectivity index (χ1v) is 10.2. The Bertz CT molecular complexity index is 816. The van der Waals surface area contributed by atoms with Crippen LogP contribution < -0.4 is 10.6 Å². The van der Waals surface area contributed by atoms with Gasteiger partial charge in [-0.05, 0) is 30.2 Å². The first-order valence-electron chi connectivity index (χ1n) is 9.81. The van der Waals surface area contributed by atoms with E-state index in [1.165, 1.54) is 11.1 Å².